The lowest BCUT2D eigenvalue weighted by Gasteiger charge is -2.36. The highest BCUT2D eigenvalue weighted by atomic mass is 32.1. The SMILES string of the molecule is CC(C)(C)C1CCC(c2cnc(N)s2)CC1. The highest BCUT2D eigenvalue weighted by molar-refractivity contribution is 7.15. The molecular weight excluding hydrogens is 216 g/mol. The van der Waals surface area contributed by atoms with Crippen molar-refractivity contribution in [2.24, 2.45) is 11.3 Å². The Morgan fingerprint density at radius 1 is 1.25 bits per heavy atom. The van der Waals surface area contributed by atoms with Gasteiger partial charge in [0.25, 0.3) is 0 Å². The molecule has 0 bridgehead atoms. The van der Waals surface area contributed by atoms with Gasteiger partial charge in [-0.15, -0.1) is 11.3 Å². The molecule has 1 saturated carbocycles. The molecule has 0 unspecified atom stereocenters. The second-order valence-corrected chi connectivity index (χ2v) is 7.11. The fourth-order valence-electron chi connectivity index (χ4n) is 2.73. The molecule has 0 atom stereocenters. The van der Waals surface area contributed by atoms with E-state index in [2.05, 4.69) is 25.8 Å². The van der Waals surface area contributed by atoms with Gasteiger partial charge < -0.3 is 5.73 Å². The van der Waals surface area contributed by atoms with Crippen LogP contribution in [0.5, 0.6) is 0 Å². The third kappa shape index (κ3) is 2.57. The molecule has 0 aromatic carbocycles. The molecule has 1 heterocycles. The summed E-state index contributed by atoms with van der Waals surface area (Å²) in [4.78, 5) is 5.55. The average Bonchev–Trinajstić information content (AvgIpc) is 2.64. The minimum atomic E-state index is 0.470. The minimum Gasteiger partial charge on any atom is -0.375 e. The van der Waals surface area contributed by atoms with Crippen molar-refractivity contribution < 1.29 is 0 Å². The molecule has 3 heteroatoms. The maximum absolute atomic E-state index is 5.69. The molecule has 2 rings (SSSR count). The maximum Gasteiger partial charge on any atom is 0.180 e. The van der Waals surface area contributed by atoms with E-state index in [-0.39, 0.29) is 0 Å². The first-order valence-electron chi connectivity index (χ1n) is 6.18. The molecule has 1 aromatic rings. The molecular formula is C13H22N2S. The van der Waals surface area contributed by atoms with E-state index in [4.69, 9.17) is 5.73 Å². The number of aromatic nitrogens is 1. The van der Waals surface area contributed by atoms with Crippen molar-refractivity contribution in [3.63, 3.8) is 0 Å². The van der Waals surface area contributed by atoms with Crippen molar-refractivity contribution in [1.29, 1.82) is 0 Å². The van der Waals surface area contributed by atoms with Crippen LogP contribution in [0.25, 0.3) is 0 Å². The molecule has 0 amide bonds. The summed E-state index contributed by atoms with van der Waals surface area (Å²) in [6.07, 6.45) is 7.30. The van der Waals surface area contributed by atoms with Crippen LogP contribution in [0.15, 0.2) is 6.20 Å². The average molecular weight is 238 g/mol. The lowest BCUT2D eigenvalue weighted by atomic mass is 9.70. The predicted octanol–water partition coefficient (Wildman–Crippen LogP) is 4.05. The fraction of sp³-hybridized carbons (Fsp3) is 0.769. The van der Waals surface area contributed by atoms with Gasteiger partial charge in [0.2, 0.25) is 0 Å². The smallest absolute Gasteiger partial charge is 0.180 e. The lowest BCUT2D eigenvalue weighted by molar-refractivity contribution is 0.170. The van der Waals surface area contributed by atoms with Gasteiger partial charge in [0.15, 0.2) is 5.13 Å². The van der Waals surface area contributed by atoms with Crippen LogP contribution >= 0.6 is 11.3 Å². The zero-order valence-electron chi connectivity index (χ0n) is 10.5. The third-order valence-corrected chi connectivity index (χ3v) is 4.88. The first kappa shape index (κ1) is 11.9. The van der Waals surface area contributed by atoms with Gasteiger partial charge in [0.05, 0.1) is 0 Å². The summed E-state index contributed by atoms with van der Waals surface area (Å²) in [5, 5.41) is 0.716. The van der Waals surface area contributed by atoms with E-state index in [0.717, 1.165) is 5.92 Å². The van der Waals surface area contributed by atoms with E-state index in [1.54, 1.807) is 11.3 Å². The standard InChI is InChI=1S/C13H22N2S/c1-13(2,3)10-6-4-9(5-7-10)11-8-15-12(14)16-11/h8-10H,4-7H2,1-3H3,(H2,14,15). The highest BCUT2D eigenvalue weighted by Gasteiger charge is 2.30. The second kappa shape index (κ2) is 4.36. The summed E-state index contributed by atoms with van der Waals surface area (Å²) in [5.41, 5.74) is 6.16. The minimum absolute atomic E-state index is 0.470. The van der Waals surface area contributed by atoms with Crippen LogP contribution < -0.4 is 5.73 Å². The number of nitrogen functional groups attached to an aromatic ring is 1. The molecule has 1 fully saturated rings. The van der Waals surface area contributed by atoms with Gasteiger partial charge >= 0.3 is 0 Å². The summed E-state index contributed by atoms with van der Waals surface area (Å²) in [5.74, 6) is 1.60. The summed E-state index contributed by atoms with van der Waals surface area (Å²) >= 11 is 1.67. The zero-order valence-corrected chi connectivity index (χ0v) is 11.3. The summed E-state index contributed by atoms with van der Waals surface area (Å²) in [6.45, 7) is 7.09. The molecule has 0 saturated heterocycles. The van der Waals surface area contributed by atoms with Crippen molar-refractivity contribution >= 4 is 16.5 Å². The number of nitrogens with two attached hydrogens (primary N) is 1. The Labute approximate surface area is 102 Å². The molecule has 0 aliphatic heterocycles. The summed E-state index contributed by atoms with van der Waals surface area (Å²) in [6, 6.07) is 0. The molecule has 0 spiro atoms. The van der Waals surface area contributed by atoms with Crippen LogP contribution in [0.2, 0.25) is 0 Å². The van der Waals surface area contributed by atoms with E-state index in [0.29, 0.717) is 16.5 Å². The highest BCUT2D eigenvalue weighted by Crippen LogP contribution is 2.44. The Bertz CT molecular complexity index is 343. The Kier molecular flexibility index (Phi) is 3.24. The van der Waals surface area contributed by atoms with Gasteiger partial charge in [0, 0.05) is 11.1 Å². The van der Waals surface area contributed by atoms with Crippen LogP contribution in [0.3, 0.4) is 0 Å². The van der Waals surface area contributed by atoms with Crippen LogP contribution in [-0.4, -0.2) is 4.98 Å². The number of hydrogen-bond donors (Lipinski definition) is 1. The van der Waals surface area contributed by atoms with E-state index < -0.39 is 0 Å². The predicted molar refractivity (Wildman–Crippen MR) is 70.7 cm³/mol. The van der Waals surface area contributed by atoms with Crippen LogP contribution in [0.4, 0.5) is 5.13 Å². The topological polar surface area (TPSA) is 38.9 Å². The molecule has 0 radical (unpaired) electrons. The van der Waals surface area contributed by atoms with Gasteiger partial charge in [-0.05, 0) is 42.9 Å². The second-order valence-electron chi connectivity index (χ2n) is 6.02. The van der Waals surface area contributed by atoms with Gasteiger partial charge in [0.1, 0.15) is 0 Å². The number of anilines is 1. The maximum atomic E-state index is 5.69. The third-order valence-electron chi connectivity index (χ3n) is 3.90. The molecule has 90 valence electrons. The van der Waals surface area contributed by atoms with Gasteiger partial charge in [-0.3, -0.25) is 0 Å². The molecule has 1 aliphatic rings. The molecule has 1 aromatic heterocycles. The van der Waals surface area contributed by atoms with Crippen LogP contribution in [0, 0.1) is 11.3 Å². The van der Waals surface area contributed by atoms with E-state index in [9.17, 15) is 0 Å². The Morgan fingerprint density at radius 3 is 2.31 bits per heavy atom. The summed E-state index contributed by atoms with van der Waals surface area (Å²) < 4.78 is 0. The lowest BCUT2D eigenvalue weighted by Crippen LogP contribution is -2.25. The zero-order chi connectivity index (χ0) is 11.8. The van der Waals surface area contributed by atoms with Crippen molar-refractivity contribution in [1.82, 2.24) is 4.98 Å². The quantitative estimate of drug-likeness (QED) is 0.801. The van der Waals surface area contributed by atoms with Crippen molar-refractivity contribution in [2.45, 2.75) is 52.4 Å². The number of nitrogens with zero attached hydrogens (tertiary/aromatic N) is 1. The first-order chi connectivity index (χ1) is 7.47. The number of rotatable bonds is 1. The Hall–Kier alpha value is -0.570. The Morgan fingerprint density at radius 2 is 1.88 bits per heavy atom. The van der Waals surface area contributed by atoms with E-state index in [1.165, 1.54) is 30.6 Å². The first-order valence-corrected chi connectivity index (χ1v) is 6.99. The Balaban J connectivity index is 1.95. The number of hydrogen-bond acceptors (Lipinski definition) is 3. The van der Waals surface area contributed by atoms with Crippen LogP contribution in [-0.2, 0) is 0 Å². The molecule has 1 aliphatic carbocycles. The molecule has 16 heavy (non-hydrogen) atoms. The van der Waals surface area contributed by atoms with Crippen molar-refractivity contribution in [2.75, 3.05) is 5.73 Å². The van der Waals surface area contributed by atoms with Crippen molar-refractivity contribution in [3.8, 4) is 0 Å². The summed E-state index contributed by atoms with van der Waals surface area (Å²) in [7, 11) is 0. The normalized spacial score (nSPS) is 26.9. The fourth-order valence-corrected chi connectivity index (χ4v) is 3.59. The van der Waals surface area contributed by atoms with Crippen LogP contribution in [0.1, 0.15) is 57.2 Å². The van der Waals surface area contributed by atoms with Gasteiger partial charge in [-0.2, -0.15) is 0 Å². The monoisotopic (exact) mass is 238 g/mol. The van der Waals surface area contributed by atoms with Gasteiger partial charge in [-0.1, -0.05) is 20.8 Å². The molecule has 2 nitrogen and oxygen atoms in total. The van der Waals surface area contributed by atoms with Gasteiger partial charge in [-0.25, -0.2) is 4.98 Å². The van der Waals surface area contributed by atoms with E-state index >= 15 is 0 Å². The van der Waals surface area contributed by atoms with Crippen molar-refractivity contribution in [3.05, 3.63) is 11.1 Å². The largest absolute Gasteiger partial charge is 0.375 e. The molecule has 2 N–H and O–H groups in total. The number of thiazole rings is 1. The van der Waals surface area contributed by atoms with E-state index in [1.807, 2.05) is 6.20 Å².